The molecular weight excluding hydrogens is 370 g/mol. The molecule has 0 aliphatic carbocycles. The summed E-state index contributed by atoms with van der Waals surface area (Å²) in [6.07, 6.45) is 1.76. The Morgan fingerprint density at radius 2 is 1.61 bits per heavy atom. The fourth-order valence-electron chi connectivity index (χ4n) is 2.99. The summed E-state index contributed by atoms with van der Waals surface area (Å²) in [5.41, 5.74) is 4.40. The lowest BCUT2D eigenvalue weighted by molar-refractivity contribution is 0.102. The second kappa shape index (κ2) is 7.71. The standard InChI is InChI=1S/C23H18ClN3O/c1-16-20(24)13-8-14-21(16)25-23(28)19-15-27(18-11-6-3-7-12-18)26-22(19)17-9-4-2-5-10-17/h2-15H,1H3,(H,25,28). The monoisotopic (exact) mass is 387 g/mol. The Hall–Kier alpha value is -3.37. The molecule has 0 bridgehead atoms. The Kier molecular flexibility index (Phi) is 4.96. The summed E-state index contributed by atoms with van der Waals surface area (Å²) in [6.45, 7) is 1.88. The van der Waals surface area contributed by atoms with Crippen molar-refractivity contribution in [2.45, 2.75) is 6.92 Å². The molecule has 4 aromatic rings. The Labute approximate surface area is 168 Å². The molecule has 4 rings (SSSR count). The van der Waals surface area contributed by atoms with Gasteiger partial charge in [0.1, 0.15) is 5.69 Å². The van der Waals surface area contributed by atoms with Crippen LogP contribution in [0, 0.1) is 6.92 Å². The van der Waals surface area contributed by atoms with Crippen molar-refractivity contribution in [1.82, 2.24) is 9.78 Å². The van der Waals surface area contributed by atoms with Crippen molar-refractivity contribution in [1.29, 1.82) is 0 Å². The first-order chi connectivity index (χ1) is 13.6. The van der Waals surface area contributed by atoms with Gasteiger partial charge in [0.25, 0.3) is 5.91 Å². The van der Waals surface area contributed by atoms with Crippen molar-refractivity contribution in [2.75, 3.05) is 5.32 Å². The van der Waals surface area contributed by atoms with Crippen LogP contribution in [0.15, 0.2) is 85.1 Å². The van der Waals surface area contributed by atoms with E-state index in [1.54, 1.807) is 16.9 Å². The van der Waals surface area contributed by atoms with E-state index in [1.165, 1.54) is 0 Å². The largest absolute Gasteiger partial charge is 0.322 e. The quantitative estimate of drug-likeness (QED) is 0.484. The third kappa shape index (κ3) is 3.55. The lowest BCUT2D eigenvalue weighted by Gasteiger charge is -2.09. The van der Waals surface area contributed by atoms with E-state index in [2.05, 4.69) is 10.4 Å². The van der Waals surface area contributed by atoms with Gasteiger partial charge in [-0.2, -0.15) is 5.10 Å². The molecule has 0 unspecified atom stereocenters. The molecule has 4 nitrogen and oxygen atoms in total. The van der Waals surface area contributed by atoms with Crippen molar-refractivity contribution in [3.05, 3.63) is 101 Å². The van der Waals surface area contributed by atoms with Crippen molar-refractivity contribution >= 4 is 23.2 Å². The number of rotatable bonds is 4. The highest BCUT2D eigenvalue weighted by molar-refractivity contribution is 6.31. The second-order valence-electron chi connectivity index (χ2n) is 6.40. The molecule has 1 heterocycles. The average Bonchev–Trinajstić information content (AvgIpc) is 3.18. The summed E-state index contributed by atoms with van der Waals surface area (Å²) >= 11 is 6.19. The third-order valence-electron chi connectivity index (χ3n) is 4.54. The van der Waals surface area contributed by atoms with E-state index >= 15 is 0 Å². The Balaban J connectivity index is 1.77. The number of amides is 1. The maximum atomic E-state index is 13.1. The van der Waals surface area contributed by atoms with Crippen LogP contribution in [-0.2, 0) is 0 Å². The number of carbonyl (C=O) groups excluding carboxylic acids is 1. The number of nitrogens with zero attached hydrogens (tertiary/aromatic N) is 2. The molecule has 0 spiro atoms. The van der Waals surface area contributed by atoms with E-state index < -0.39 is 0 Å². The first kappa shape index (κ1) is 18.0. The van der Waals surface area contributed by atoms with E-state index in [0.29, 0.717) is 22.0 Å². The lowest BCUT2D eigenvalue weighted by Crippen LogP contribution is -2.13. The SMILES string of the molecule is Cc1c(Cl)cccc1NC(=O)c1cn(-c2ccccc2)nc1-c1ccccc1. The van der Waals surface area contributed by atoms with Crippen LogP contribution in [0.2, 0.25) is 5.02 Å². The predicted octanol–water partition coefficient (Wildman–Crippen LogP) is 5.75. The van der Waals surface area contributed by atoms with Crippen molar-refractivity contribution < 1.29 is 4.79 Å². The minimum Gasteiger partial charge on any atom is -0.322 e. The molecule has 0 saturated heterocycles. The van der Waals surface area contributed by atoms with E-state index in [-0.39, 0.29) is 5.91 Å². The van der Waals surface area contributed by atoms with Gasteiger partial charge in [-0.25, -0.2) is 4.68 Å². The summed E-state index contributed by atoms with van der Waals surface area (Å²) < 4.78 is 1.72. The molecular formula is C23H18ClN3O. The highest BCUT2D eigenvalue weighted by atomic mass is 35.5. The molecule has 0 radical (unpaired) electrons. The highest BCUT2D eigenvalue weighted by Gasteiger charge is 2.19. The number of nitrogens with one attached hydrogen (secondary N) is 1. The molecule has 0 aliphatic rings. The molecule has 1 N–H and O–H groups in total. The lowest BCUT2D eigenvalue weighted by atomic mass is 10.1. The van der Waals surface area contributed by atoms with Gasteiger partial charge < -0.3 is 5.32 Å². The zero-order valence-corrected chi connectivity index (χ0v) is 16.0. The van der Waals surface area contributed by atoms with Crippen molar-refractivity contribution in [3.8, 4) is 16.9 Å². The van der Waals surface area contributed by atoms with Gasteiger partial charge >= 0.3 is 0 Å². The van der Waals surface area contributed by atoms with Gasteiger partial charge in [0, 0.05) is 22.5 Å². The predicted molar refractivity (Wildman–Crippen MR) is 113 cm³/mol. The Morgan fingerprint density at radius 1 is 0.929 bits per heavy atom. The van der Waals surface area contributed by atoms with E-state index in [0.717, 1.165) is 16.8 Å². The first-order valence-corrected chi connectivity index (χ1v) is 9.28. The molecule has 3 aromatic carbocycles. The van der Waals surface area contributed by atoms with Crippen LogP contribution >= 0.6 is 11.6 Å². The summed E-state index contributed by atoms with van der Waals surface area (Å²) in [6, 6.07) is 24.9. The number of aromatic nitrogens is 2. The maximum absolute atomic E-state index is 13.1. The van der Waals surface area contributed by atoms with Crippen molar-refractivity contribution in [3.63, 3.8) is 0 Å². The summed E-state index contributed by atoms with van der Waals surface area (Å²) in [5, 5.41) is 8.26. The Morgan fingerprint density at radius 3 is 2.32 bits per heavy atom. The zero-order valence-electron chi connectivity index (χ0n) is 15.3. The topological polar surface area (TPSA) is 46.9 Å². The van der Waals surface area contributed by atoms with Gasteiger partial charge in [-0.1, -0.05) is 66.2 Å². The molecule has 0 atom stereocenters. The van der Waals surface area contributed by atoms with Gasteiger partial charge in [0.15, 0.2) is 0 Å². The van der Waals surface area contributed by atoms with Gasteiger partial charge in [-0.15, -0.1) is 0 Å². The fourth-order valence-corrected chi connectivity index (χ4v) is 3.17. The van der Waals surface area contributed by atoms with Gasteiger partial charge in [-0.3, -0.25) is 4.79 Å². The minimum absolute atomic E-state index is 0.230. The maximum Gasteiger partial charge on any atom is 0.259 e. The van der Waals surface area contributed by atoms with Crippen LogP contribution in [0.5, 0.6) is 0 Å². The number of hydrogen-bond donors (Lipinski definition) is 1. The van der Waals surface area contributed by atoms with Crippen LogP contribution in [0.1, 0.15) is 15.9 Å². The highest BCUT2D eigenvalue weighted by Crippen LogP contribution is 2.27. The molecule has 0 fully saturated rings. The smallest absolute Gasteiger partial charge is 0.259 e. The van der Waals surface area contributed by atoms with Crippen LogP contribution in [0.4, 0.5) is 5.69 Å². The molecule has 1 aromatic heterocycles. The number of hydrogen-bond acceptors (Lipinski definition) is 2. The van der Waals surface area contributed by atoms with Crippen LogP contribution < -0.4 is 5.32 Å². The molecule has 138 valence electrons. The third-order valence-corrected chi connectivity index (χ3v) is 4.95. The van der Waals surface area contributed by atoms with Gasteiger partial charge in [0.2, 0.25) is 0 Å². The number of carbonyl (C=O) groups is 1. The number of benzene rings is 3. The molecule has 0 saturated carbocycles. The van der Waals surface area contributed by atoms with Gasteiger partial charge in [-0.05, 0) is 36.8 Å². The van der Waals surface area contributed by atoms with E-state index in [1.807, 2.05) is 79.7 Å². The molecule has 1 amide bonds. The number of halogens is 1. The van der Waals surface area contributed by atoms with Crippen LogP contribution in [0.3, 0.4) is 0 Å². The summed E-state index contributed by atoms with van der Waals surface area (Å²) in [4.78, 5) is 13.1. The van der Waals surface area contributed by atoms with Crippen LogP contribution in [-0.4, -0.2) is 15.7 Å². The van der Waals surface area contributed by atoms with Crippen molar-refractivity contribution in [2.24, 2.45) is 0 Å². The molecule has 28 heavy (non-hydrogen) atoms. The minimum atomic E-state index is -0.230. The normalized spacial score (nSPS) is 10.6. The first-order valence-electron chi connectivity index (χ1n) is 8.90. The Bertz CT molecular complexity index is 1120. The number of anilines is 1. The zero-order chi connectivity index (χ0) is 19.5. The molecule has 5 heteroatoms. The summed E-state index contributed by atoms with van der Waals surface area (Å²) in [5.74, 6) is -0.230. The molecule has 0 aliphatic heterocycles. The summed E-state index contributed by atoms with van der Waals surface area (Å²) in [7, 11) is 0. The second-order valence-corrected chi connectivity index (χ2v) is 6.81. The van der Waals surface area contributed by atoms with E-state index in [4.69, 9.17) is 11.6 Å². The fraction of sp³-hybridized carbons (Fsp3) is 0.0435. The van der Waals surface area contributed by atoms with Gasteiger partial charge in [0.05, 0.1) is 11.3 Å². The van der Waals surface area contributed by atoms with Crippen LogP contribution in [0.25, 0.3) is 16.9 Å². The average molecular weight is 388 g/mol. The van der Waals surface area contributed by atoms with E-state index in [9.17, 15) is 4.79 Å². The number of para-hydroxylation sites is 1.